The summed E-state index contributed by atoms with van der Waals surface area (Å²) in [5, 5.41) is 5.35. The van der Waals surface area contributed by atoms with Crippen molar-refractivity contribution in [3.8, 4) is 0 Å². The summed E-state index contributed by atoms with van der Waals surface area (Å²) in [7, 11) is 1.43. The lowest BCUT2D eigenvalue weighted by atomic mass is 9.88. The number of esters is 1. The predicted molar refractivity (Wildman–Crippen MR) is 60.0 cm³/mol. The number of methoxy groups -OCH3 is 1. The number of nitrogens with one attached hydrogen (secondary N) is 1. The van der Waals surface area contributed by atoms with Crippen molar-refractivity contribution in [1.82, 2.24) is 5.32 Å². The van der Waals surface area contributed by atoms with Crippen LogP contribution in [0, 0.1) is 0 Å². The average molecular weight is 225 g/mol. The molecule has 0 saturated heterocycles. The second-order valence-electron chi connectivity index (χ2n) is 4.14. The Hall–Kier alpha value is -0.870. The van der Waals surface area contributed by atoms with Crippen molar-refractivity contribution < 1.29 is 9.53 Å². The maximum atomic E-state index is 11.8. The van der Waals surface area contributed by atoms with Gasteiger partial charge in [0.25, 0.3) is 0 Å². The van der Waals surface area contributed by atoms with E-state index in [4.69, 9.17) is 4.74 Å². The molecule has 2 heterocycles. The van der Waals surface area contributed by atoms with Crippen molar-refractivity contribution >= 4 is 17.3 Å². The van der Waals surface area contributed by atoms with Crippen LogP contribution < -0.4 is 5.32 Å². The highest BCUT2D eigenvalue weighted by atomic mass is 32.1. The van der Waals surface area contributed by atoms with Gasteiger partial charge in [0, 0.05) is 10.9 Å². The van der Waals surface area contributed by atoms with E-state index in [-0.39, 0.29) is 5.97 Å². The molecule has 2 rings (SSSR count). The number of carbonyl (C=O) groups is 1. The van der Waals surface area contributed by atoms with Gasteiger partial charge in [-0.1, -0.05) is 0 Å². The highest BCUT2D eigenvalue weighted by Crippen LogP contribution is 2.35. The van der Waals surface area contributed by atoms with Crippen molar-refractivity contribution in [3.63, 3.8) is 0 Å². The Morgan fingerprint density at radius 3 is 3.13 bits per heavy atom. The number of hydrogen-bond acceptors (Lipinski definition) is 4. The minimum absolute atomic E-state index is 0.210. The number of thiophene rings is 1. The Morgan fingerprint density at radius 1 is 1.73 bits per heavy atom. The Labute approximate surface area is 93.4 Å². The van der Waals surface area contributed by atoms with Crippen LogP contribution in [-0.4, -0.2) is 19.1 Å². The van der Waals surface area contributed by atoms with Gasteiger partial charge in [-0.05, 0) is 37.3 Å². The first-order valence-electron chi connectivity index (χ1n) is 5.01. The summed E-state index contributed by atoms with van der Waals surface area (Å²) in [6, 6.07) is 2.40. The molecule has 0 radical (unpaired) electrons. The van der Waals surface area contributed by atoms with E-state index in [9.17, 15) is 4.79 Å². The first-order valence-corrected chi connectivity index (χ1v) is 5.89. The van der Waals surface area contributed by atoms with E-state index in [0.29, 0.717) is 6.04 Å². The van der Waals surface area contributed by atoms with Crippen LogP contribution in [0.2, 0.25) is 0 Å². The number of hydrogen-bond donors (Lipinski definition) is 1. The molecule has 0 unspecified atom stereocenters. The van der Waals surface area contributed by atoms with Gasteiger partial charge in [0.1, 0.15) is 5.54 Å². The van der Waals surface area contributed by atoms with Crippen molar-refractivity contribution in [2.75, 3.05) is 7.11 Å². The van der Waals surface area contributed by atoms with Crippen LogP contribution in [0.25, 0.3) is 0 Å². The second kappa shape index (κ2) is 3.61. The van der Waals surface area contributed by atoms with Crippen LogP contribution in [0.4, 0.5) is 0 Å². The van der Waals surface area contributed by atoms with Gasteiger partial charge in [0.05, 0.1) is 7.11 Å². The maximum absolute atomic E-state index is 11.8. The smallest absolute Gasteiger partial charge is 0.331 e. The lowest BCUT2D eigenvalue weighted by molar-refractivity contribution is -0.148. The van der Waals surface area contributed by atoms with E-state index in [1.54, 1.807) is 11.3 Å². The largest absolute Gasteiger partial charge is 0.467 e. The maximum Gasteiger partial charge on any atom is 0.331 e. The minimum Gasteiger partial charge on any atom is -0.467 e. The van der Waals surface area contributed by atoms with Crippen molar-refractivity contribution in [3.05, 3.63) is 21.9 Å². The highest BCUT2D eigenvalue weighted by molar-refractivity contribution is 7.10. The second-order valence-corrected chi connectivity index (χ2v) is 5.06. The first-order chi connectivity index (χ1) is 7.08. The molecule has 2 atom stereocenters. The molecule has 1 aromatic rings. The Morgan fingerprint density at radius 2 is 2.47 bits per heavy atom. The third kappa shape index (κ3) is 1.58. The zero-order valence-corrected chi connectivity index (χ0v) is 9.98. The quantitative estimate of drug-likeness (QED) is 0.739. The summed E-state index contributed by atoms with van der Waals surface area (Å²) in [5.41, 5.74) is 0.592. The van der Waals surface area contributed by atoms with Gasteiger partial charge in [0.2, 0.25) is 0 Å². The molecule has 4 heteroatoms. The predicted octanol–water partition coefficient (Wildman–Crippen LogP) is 1.67. The summed E-state index contributed by atoms with van der Waals surface area (Å²) in [5.74, 6) is -0.210. The van der Waals surface area contributed by atoms with Gasteiger partial charge in [0.15, 0.2) is 0 Å². The number of carbonyl (C=O) groups excluding carboxylic acids is 1. The Balaban J connectivity index is 2.47. The summed E-state index contributed by atoms with van der Waals surface area (Å²) in [4.78, 5) is 12.9. The fraction of sp³-hybridized carbons (Fsp3) is 0.545. The molecule has 0 bridgehead atoms. The summed E-state index contributed by atoms with van der Waals surface area (Å²) < 4.78 is 4.87. The molecule has 1 aliphatic heterocycles. The summed E-state index contributed by atoms with van der Waals surface area (Å²) in [6.45, 7) is 3.98. The average Bonchev–Trinajstić information content (AvgIpc) is 2.64. The van der Waals surface area contributed by atoms with Gasteiger partial charge >= 0.3 is 5.97 Å². The standard InChI is InChI=1S/C11H15NO2S/c1-7-6-8-4-5-15-9(8)11(2,12-7)10(13)14-3/h4-5,7,12H,6H2,1-3H3/t7-,11+/m1/s1. The molecule has 0 spiro atoms. The van der Waals surface area contributed by atoms with Crippen LogP contribution in [-0.2, 0) is 21.5 Å². The van der Waals surface area contributed by atoms with Crippen LogP contribution in [0.3, 0.4) is 0 Å². The van der Waals surface area contributed by atoms with E-state index in [1.165, 1.54) is 12.7 Å². The lowest BCUT2D eigenvalue weighted by Crippen LogP contribution is -2.54. The number of fused-ring (bicyclic) bond motifs is 1. The van der Waals surface area contributed by atoms with Crippen molar-refractivity contribution in [2.24, 2.45) is 0 Å². The molecule has 1 aliphatic rings. The van der Waals surface area contributed by atoms with Crippen LogP contribution in [0.1, 0.15) is 24.3 Å². The molecule has 0 aliphatic carbocycles. The van der Waals surface area contributed by atoms with Gasteiger partial charge < -0.3 is 4.74 Å². The Kier molecular flexibility index (Phi) is 2.56. The lowest BCUT2D eigenvalue weighted by Gasteiger charge is -2.35. The summed E-state index contributed by atoms with van der Waals surface area (Å²) in [6.07, 6.45) is 0.978. The van der Waals surface area contributed by atoms with E-state index < -0.39 is 5.54 Å². The number of rotatable bonds is 1. The van der Waals surface area contributed by atoms with Gasteiger partial charge in [-0.2, -0.15) is 0 Å². The highest BCUT2D eigenvalue weighted by Gasteiger charge is 2.43. The minimum atomic E-state index is -0.671. The third-order valence-corrected chi connectivity index (χ3v) is 4.03. The van der Waals surface area contributed by atoms with Gasteiger partial charge in [-0.15, -0.1) is 11.3 Å². The van der Waals surface area contributed by atoms with E-state index in [0.717, 1.165) is 11.3 Å². The van der Waals surface area contributed by atoms with Crippen LogP contribution >= 0.6 is 11.3 Å². The monoisotopic (exact) mass is 225 g/mol. The third-order valence-electron chi connectivity index (χ3n) is 2.86. The fourth-order valence-electron chi connectivity index (χ4n) is 2.23. The van der Waals surface area contributed by atoms with E-state index >= 15 is 0 Å². The zero-order valence-electron chi connectivity index (χ0n) is 9.16. The first kappa shape index (κ1) is 10.6. The molecule has 3 nitrogen and oxygen atoms in total. The van der Waals surface area contributed by atoms with E-state index in [2.05, 4.69) is 18.3 Å². The number of ether oxygens (including phenoxy) is 1. The Bertz CT molecular complexity index is 388. The summed E-state index contributed by atoms with van der Waals surface area (Å²) >= 11 is 1.61. The molecular formula is C11H15NO2S. The molecule has 0 aromatic carbocycles. The molecule has 15 heavy (non-hydrogen) atoms. The molecule has 0 saturated carbocycles. The van der Waals surface area contributed by atoms with E-state index in [1.807, 2.05) is 12.3 Å². The fourth-order valence-corrected chi connectivity index (χ4v) is 3.28. The topological polar surface area (TPSA) is 38.3 Å². The SMILES string of the molecule is COC(=O)[C@@]1(C)N[C@H](C)Cc2ccsc21. The molecule has 1 N–H and O–H groups in total. The normalized spacial score (nSPS) is 29.7. The van der Waals surface area contributed by atoms with Crippen LogP contribution in [0.5, 0.6) is 0 Å². The molecule has 0 fully saturated rings. The van der Waals surface area contributed by atoms with Crippen molar-refractivity contribution in [2.45, 2.75) is 31.8 Å². The molecular weight excluding hydrogens is 210 g/mol. The molecule has 82 valence electrons. The van der Waals surface area contributed by atoms with Gasteiger partial charge in [-0.25, -0.2) is 4.79 Å². The van der Waals surface area contributed by atoms with Gasteiger partial charge in [-0.3, -0.25) is 5.32 Å². The van der Waals surface area contributed by atoms with Crippen molar-refractivity contribution in [1.29, 1.82) is 0 Å². The molecule has 0 amide bonds. The van der Waals surface area contributed by atoms with Crippen LogP contribution in [0.15, 0.2) is 11.4 Å². The molecule has 1 aromatic heterocycles. The zero-order chi connectivity index (χ0) is 11.1.